The number of hydrogen-bond acceptors (Lipinski definition) is 3. The standard InChI is InChI=1S/C14H22N2O/c1-11-4-3-5-14(8-11)16-7-6-12(2)15-13(9-16)10-17/h3-5,8,12-13,15,17H,6-7,9-10H2,1-2H3. The van der Waals surface area contributed by atoms with Gasteiger partial charge in [0.1, 0.15) is 0 Å². The van der Waals surface area contributed by atoms with E-state index < -0.39 is 0 Å². The highest BCUT2D eigenvalue weighted by Crippen LogP contribution is 2.18. The molecule has 0 saturated carbocycles. The molecule has 0 aromatic heterocycles. The van der Waals surface area contributed by atoms with E-state index in [2.05, 4.69) is 48.3 Å². The molecule has 1 aromatic rings. The predicted molar refractivity (Wildman–Crippen MR) is 71.5 cm³/mol. The molecule has 0 amide bonds. The predicted octanol–water partition coefficient (Wildman–Crippen LogP) is 1.54. The minimum Gasteiger partial charge on any atom is -0.395 e. The second-order valence-corrected chi connectivity index (χ2v) is 5.02. The first-order chi connectivity index (χ1) is 8.19. The normalized spacial score (nSPS) is 25.7. The molecule has 3 nitrogen and oxygen atoms in total. The summed E-state index contributed by atoms with van der Waals surface area (Å²) < 4.78 is 0. The Labute approximate surface area is 103 Å². The van der Waals surface area contributed by atoms with E-state index in [4.69, 9.17) is 0 Å². The molecule has 94 valence electrons. The number of nitrogens with one attached hydrogen (secondary N) is 1. The van der Waals surface area contributed by atoms with Gasteiger partial charge in [-0.3, -0.25) is 0 Å². The van der Waals surface area contributed by atoms with Gasteiger partial charge in [0, 0.05) is 30.9 Å². The van der Waals surface area contributed by atoms with Crippen molar-refractivity contribution in [2.24, 2.45) is 0 Å². The maximum absolute atomic E-state index is 9.36. The van der Waals surface area contributed by atoms with Gasteiger partial charge in [0.15, 0.2) is 0 Å². The smallest absolute Gasteiger partial charge is 0.0602 e. The van der Waals surface area contributed by atoms with Gasteiger partial charge in [-0.25, -0.2) is 0 Å². The van der Waals surface area contributed by atoms with Gasteiger partial charge < -0.3 is 15.3 Å². The Balaban J connectivity index is 2.14. The molecule has 2 rings (SSSR count). The molecule has 0 spiro atoms. The van der Waals surface area contributed by atoms with E-state index in [9.17, 15) is 5.11 Å². The summed E-state index contributed by atoms with van der Waals surface area (Å²) in [5.41, 5.74) is 2.55. The lowest BCUT2D eigenvalue weighted by molar-refractivity contribution is 0.240. The van der Waals surface area contributed by atoms with E-state index in [-0.39, 0.29) is 12.6 Å². The van der Waals surface area contributed by atoms with Gasteiger partial charge in [-0.15, -0.1) is 0 Å². The first-order valence-corrected chi connectivity index (χ1v) is 6.37. The number of aliphatic hydroxyl groups excluding tert-OH is 1. The van der Waals surface area contributed by atoms with Crippen molar-refractivity contribution in [1.82, 2.24) is 5.32 Å². The Morgan fingerprint density at radius 2 is 2.29 bits per heavy atom. The molecule has 1 heterocycles. The molecule has 0 bridgehead atoms. The van der Waals surface area contributed by atoms with Crippen LogP contribution in [0, 0.1) is 6.92 Å². The minimum atomic E-state index is 0.174. The topological polar surface area (TPSA) is 35.5 Å². The Kier molecular flexibility index (Phi) is 4.02. The maximum atomic E-state index is 9.36. The van der Waals surface area contributed by atoms with Crippen molar-refractivity contribution in [2.45, 2.75) is 32.4 Å². The molecule has 1 aliphatic heterocycles. The molecule has 1 fully saturated rings. The number of aliphatic hydroxyl groups is 1. The van der Waals surface area contributed by atoms with Crippen molar-refractivity contribution in [2.75, 3.05) is 24.6 Å². The second kappa shape index (κ2) is 5.52. The van der Waals surface area contributed by atoms with Crippen molar-refractivity contribution in [3.05, 3.63) is 29.8 Å². The van der Waals surface area contributed by atoms with Crippen LogP contribution in [-0.4, -0.2) is 36.9 Å². The Bertz CT molecular complexity index is 367. The minimum absolute atomic E-state index is 0.174. The van der Waals surface area contributed by atoms with Gasteiger partial charge in [0.25, 0.3) is 0 Å². The summed E-state index contributed by atoms with van der Waals surface area (Å²) in [6, 6.07) is 9.23. The number of hydrogen-bond donors (Lipinski definition) is 2. The summed E-state index contributed by atoms with van der Waals surface area (Å²) in [5, 5.41) is 12.8. The number of anilines is 1. The fraction of sp³-hybridized carbons (Fsp3) is 0.571. The molecule has 2 N–H and O–H groups in total. The van der Waals surface area contributed by atoms with Crippen LogP contribution < -0.4 is 10.2 Å². The molecule has 0 aliphatic carbocycles. The zero-order chi connectivity index (χ0) is 12.3. The highest BCUT2D eigenvalue weighted by Gasteiger charge is 2.20. The highest BCUT2D eigenvalue weighted by atomic mass is 16.3. The molecule has 3 heteroatoms. The first-order valence-electron chi connectivity index (χ1n) is 6.37. The lowest BCUT2D eigenvalue weighted by Crippen LogP contribution is -2.42. The summed E-state index contributed by atoms with van der Waals surface area (Å²) in [5.74, 6) is 0. The number of nitrogens with zero attached hydrogens (tertiary/aromatic N) is 1. The molecule has 1 aliphatic rings. The van der Waals surface area contributed by atoms with Gasteiger partial charge >= 0.3 is 0 Å². The molecular weight excluding hydrogens is 212 g/mol. The van der Waals surface area contributed by atoms with E-state index in [0.717, 1.165) is 19.5 Å². The summed E-state index contributed by atoms with van der Waals surface area (Å²) in [4.78, 5) is 2.37. The van der Waals surface area contributed by atoms with Gasteiger partial charge in [-0.1, -0.05) is 12.1 Å². The van der Waals surface area contributed by atoms with Crippen molar-refractivity contribution >= 4 is 5.69 Å². The molecule has 1 aromatic carbocycles. The third-order valence-corrected chi connectivity index (χ3v) is 3.38. The Hall–Kier alpha value is -1.06. The zero-order valence-electron chi connectivity index (χ0n) is 10.7. The fourth-order valence-electron chi connectivity index (χ4n) is 2.41. The van der Waals surface area contributed by atoms with E-state index in [0.29, 0.717) is 6.04 Å². The summed E-state index contributed by atoms with van der Waals surface area (Å²) in [7, 11) is 0. The molecule has 17 heavy (non-hydrogen) atoms. The maximum Gasteiger partial charge on any atom is 0.0602 e. The van der Waals surface area contributed by atoms with Gasteiger partial charge in [0.05, 0.1) is 6.61 Å². The molecule has 0 radical (unpaired) electrons. The molecule has 1 saturated heterocycles. The van der Waals surface area contributed by atoms with Crippen molar-refractivity contribution in [1.29, 1.82) is 0 Å². The third-order valence-electron chi connectivity index (χ3n) is 3.38. The van der Waals surface area contributed by atoms with Crippen LogP contribution in [0.25, 0.3) is 0 Å². The van der Waals surface area contributed by atoms with Gasteiger partial charge in [-0.05, 0) is 38.0 Å². The lowest BCUT2D eigenvalue weighted by atomic mass is 10.2. The monoisotopic (exact) mass is 234 g/mol. The van der Waals surface area contributed by atoms with Crippen LogP contribution in [0.3, 0.4) is 0 Å². The van der Waals surface area contributed by atoms with E-state index in [1.165, 1.54) is 11.3 Å². The quantitative estimate of drug-likeness (QED) is 0.815. The van der Waals surface area contributed by atoms with Crippen molar-refractivity contribution in [3.8, 4) is 0 Å². The van der Waals surface area contributed by atoms with Gasteiger partial charge in [0.2, 0.25) is 0 Å². The largest absolute Gasteiger partial charge is 0.395 e. The summed E-state index contributed by atoms with van der Waals surface area (Å²) >= 11 is 0. The number of rotatable bonds is 2. The first kappa shape index (κ1) is 12.4. The summed E-state index contributed by atoms with van der Waals surface area (Å²) in [6.07, 6.45) is 1.12. The van der Waals surface area contributed by atoms with E-state index in [1.807, 2.05) is 0 Å². The highest BCUT2D eigenvalue weighted by molar-refractivity contribution is 5.48. The van der Waals surface area contributed by atoms with Crippen LogP contribution in [0.5, 0.6) is 0 Å². The third kappa shape index (κ3) is 3.20. The molecular formula is C14H22N2O. The van der Waals surface area contributed by atoms with Crippen LogP contribution in [0.4, 0.5) is 5.69 Å². The molecule has 2 unspecified atom stereocenters. The summed E-state index contributed by atoms with van der Waals surface area (Å²) in [6.45, 7) is 6.43. The Morgan fingerprint density at radius 3 is 3.00 bits per heavy atom. The van der Waals surface area contributed by atoms with Crippen LogP contribution in [0.2, 0.25) is 0 Å². The van der Waals surface area contributed by atoms with Crippen LogP contribution in [-0.2, 0) is 0 Å². The SMILES string of the molecule is Cc1cccc(N2CCC(C)NC(CO)C2)c1. The Morgan fingerprint density at radius 1 is 1.47 bits per heavy atom. The molecule has 2 atom stereocenters. The second-order valence-electron chi connectivity index (χ2n) is 5.02. The van der Waals surface area contributed by atoms with E-state index >= 15 is 0 Å². The van der Waals surface area contributed by atoms with Gasteiger partial charge in [-0.2, -0.15) is 0 Å². The van der Waals surface area contributed by atoms with Crippen LogP contribution in [0.15, 0.2) is 24.3 Å². The zero-order valence-corrected chi connectivity index (χ0v) is 10.7. The van der Waals surface area contributed by atoms with Crippen molar-refractivity contribution < 1.29 is 5.11 Å². The van der Waals surface area contributed by atoms with Crippen LogP contribution >= 0.6 is 0 Å². The van der Waals surface area contributed by atoms with Crippen molar-refractivity contribution in [3.63, 3.8) is 0 Å². The van der Waals surface area contributed by atoms with Crippen LogP contribution in [0.1, 0.15) is 18.9 Å². The number of aryl methyl sites for hydroxylation is 1. The lowest BCUT2D eigenvalue weighted by Gasteiger charge is -2.25. The average molecular weight is 234 g/mol. The van der Waals surface area contributed by atoms with E-state index in [1.54, 1.807) is 0 Å². The fourth-order valence-corrected chi connectivity index (χ4v) is 2.41. The average Bonchev–Trinajstić information content (AvgIpc) is 2.51. The number of benzene rings is 1.